The van der Waals surface area contributed by atoms with Crippen LogP contribution in [0.3, 0.4) is 0 Å². The van der Waals surface area contributed by atoms with Gasteiger partial charge in [0.1, 0.15) is 5.82 Å². The summed E-state index contributed by atoms with van der Waals surface area (Å²) in [5, 5.41) is 3.68. The molecule has 0 bridgehead atoms. The van der Waals surface area contributed by atoms with Crippen LogP contribution in [0, 0.1) is 11.8 Å². The number of rotatable bonds is 6. The van der Waals surface area contributed by atoms with Gasteiger partial charge in [-0.05, 0) is 48.9 Å². The number of imidazole rings is 1. The third-order valence-corrected chi connectivity index (χ3v) is 4.78. The number of aromatic nitrogens is 3. The van der Waals surface area contributed by atoms with E-state index in [4.69, 9.17) is 0 Å². The van der Waals surface area contributed by atoms with E-state index in [1.807, 2.05) is 24.8 Å². The average Bonchev–Trinajstić information content (AvgIpc) is 3.07. The van der Waals surface area contributed by atoms with Crippen molar-refractivity contribution in [1.82, 2.24) is 20.3 Å². The molecule has 1 saturated carbocycles. The van der Waals surface area contributed by atoms with Crippen LogP contribution in [0.5, 0.6) is 0 Å². The Balaban J connectivity index is 1.59. The van der Waals surface area contributed by atoms with Gasteiger partial charge in [0.2, 0.25) is 0 Å². The van der Waals surface area contributed by atoms with Gasteiger partial charge in [0.05, 0.1) is 6.04 Å². The zero-order chi connectivity index (χ0) is 15.2. The summed E-state index contributed by atoms with van der Waals surface area (Å²) in [7, 11) is 0. The van der Waals surface area contributed by atoms with E-state index in [1.165, 1.54) is 37.7 Å². The van der Waals surface area contributed by atoms with Gasteiger partial charge in [-0.25, -0.2) is 4.98 Å². The molecule has 0 spiro atoms. The van der Waals surface area contributed by atoms with Gasteiger partial charge in [0, 0.05) is 24.8 Å². The Morgan fingerprint density at radius 1 is 1.27 bits per heavy atom. The zero-order valence-corrected chi connectivity index (χ0v) is 13.3. The Kier molecular flexibility index (Phi) is 5.22. The minimum Gasteiger partial charge on any atom is -0.347 e. The van der Waals surface area contributed by atoms with Crippen LogP contribution in [0.1, 0.15) is 56.5 Å². The second-order valence-electron chi connectivity index (χ2n) is 6.57. The van der Waals surface area contributed by atoms with Crippen LogP contribution in [0.4, 0.5) is 0 Å². The molecule has 1 fully saturated rings. The smallest absolute Gasteiger partial charge is 0.127 e. The van der Waals surface area contributed by atoms with E-state index in [0.717, 1.165) is 24.2 Å². The van der Waals surface area contributed by atoms with Crippen molar-refractivity contribution in [2.75, 3.05) is 6.54 Å². The molecule has 4 heteroatoms. The first-order valence-corrected chi connectivity index (χ1v) is 8.45. The predicted molar refractivity (Wildman–Crippen MR) is 88.4 cm³/mol. The van der Waals surface area contributed by atoms with Crippen LogP contribution < -0.4 is 5.32 Å². The predicted octanol–water partition coefficient (Wildman–Crippen LogP) is 3.70. The number of nitrogens with zero attached hydrogens (tertiary/aromatic N) is 2. The second kappa shape index (κ2) is 7.54. The maximum atomic E-state index is 4.43. The molecule has 2 N–H and O–H groups in total. The Morgan fingerprint density at radius 2 is 2.14 bits per heavy atom. The number of H-pyrrole nitrogens is 1. The molecule has 4 nitrogen and oxygen atoms in total. The highest BCUT2D eigenvalue weighted by Gasteiger charge is 2.20. The van der Waals surface area contributed by atoms with Crippen LogP contribution in [0.25, 0.3) is 0 Å². The van der Waals surface area contributed by atoms with E-state index in [9.17, 15) is 0 Å². The molecule has 3 atom stereocenters. The molecule has 0 unspecified atom stereocenters. The van der Waals surface area contributed by atoms with Crippen molar-refractivity contribution < 1.29 is 0 Å². The summed E-state index contributed by atoms with van der Waals surface area (Å²) in [5.74, 6) is 2.76. The number of aromatic amines is 1. The van der Waals surface area contributed by atoms with Crippen LogP contribution in [-0.4, -0.2) is 21.5 Å². The minimum absolute atomic E-state index is 0.124. The van der Waals surface area contributed by atoms with E-state index < -0.39 is 0 Å². The SMILES string of the molecule is C[C@@H]1CCC[C@H](CCN[C@@H](c2ccncc2)c2ncc[nH]2)C1. The maximum Gasteiger partial charge on any atom is 0.127 e. The van der Waals surface area contributed by atoms with Gasteiger partial charge in [-0.2, -0.15) is 0 Å². The van der Waals surface area contributed by atoms with Crippen LogP contribution >= 0.6 is 0 Å². The normalized spacial score (nSPS) is 23.3. The molecular formula is C18H26N4. The van der Waals surface area contributed by atoms with E-state index in [1.54, 1.807) is 0 Å². The molecule has 3 rings (SSSR count). The van der Waals surface area contributed by atoms with Crippen molar-refractivity contribution in [3.05, 3.63) is 48.3 Å². The number of hydrogen-bond acceptors (Lipinski definition) is 3. The summed E-state index contributed by atoms with van der Waals surface area (Å²) in [5.41, 5.74) is 1.21. The fraction of sp³-hybridized carbons (Fsp3) is 0.556. The molecule has 118 valence electrons. The van der Waals surface area contributed by atoms with Gasteiger partial charge in [0.15, 0.2) is 0 Å². The van der Waals surface area contributed by atoms with Crippen LogP contribution in [-0.2, 0) is 0 Å². The standard InChI is InChI=1S/C18H26N4/c1-14-3-2-4-15(13-14)5-10-20-17(18-21-11-12-22-18)16-6-8-19-9-7-16/h6-9,11-12,14-15,17,20H,2-5,10,13H2,1H3,(H,21,22)/t14-,15-,17+/m1/s1. The molecular weight excluding hydrogens is 272 g/mol. The fourth-order valence-electron chi connectivity index (χ4n) is 3.62. The lowest BCUT2D eigenvalue weighted by molar-refractivity contribution is 0.266. The van der Waals surface area contributed by atoms with Gasteiger partial charge in [-0.15, -0.1) is 0 Å². The molecule has 2 aromatic rings. The van der Waals surface area contributed by atoms with E-state index in [-0.39, 0.29) is 6.04 Å². The first-order valence-electron chi connectivity index (χ1n) is 8.45. The number of hydrogen-bond donors (Lipinski definition) is 2. The first kappa shape index (κ1) is 15.2. The lowest BCUT2D eigenvalue weighted by Gasteiger charge is -2.27. The summed E-state index contributed by atoms with van der Waals surface area (Å²) in [6.45, 7) is 3.42. The Bertz CT molecular complexity index is 537. The highest BCUT2D eigenvalue weighted by Crippen LogP contribution is 2.30. The van der Waals surface area contributed by atoms with E-state index in [2.05, 4.69) is 39.3 Å². The molecule has 22 heavy (non-hydrogen) atoms. The third kappa shape index (κ3) is 3.95. The fourth-order valence-corrected chi connectivity index (χ4v) is 3.62. The minimum atomic E-state index is 0.124. The molecule has 0 radical (unpaired) electrons. The van der Waals surface area contributed by atoms with Gasteiger partial charge in [0.25, 0.3) is 0 Å². The van der Waals surface area contributed by atoms with E-state index >= 15 is 0 Å². The number of pyridine rings is 1. The lowest BCUT2D eigenvalue weighted by atomic mass is 9.81. The van der Waals surface area contributed by atoms with Gasteiger partial charge in [-0.3, -0.25) is 4.98 Å². The topological polar surface area (TPSA) is 53.6 Å². The largest absolute Gasteiger partial charge is 0.347 e. The monoisotopic (exact) mass is 298 g/mol. The van der Waals surface area contributed by atoms with Crippen molar-refractivity contribution in [2.45, 2.75) is 45.1 Å². The third-order valence-electron chi connectivity index (χ3n) is 4.78. The molecule has 1 aliphatic carbocycles. The maximum absolute atomic E-state index is 4.43. The molecule has 0 aromatic carbocycles. The molecule has 0 saturated heterocycles. The summed E-state index contributed by atoms with van der Waals surface area (Å²) in [6.07, 6.45) is 14.2. The zero-order valence-electron chi connectivity index (χ0n) is 13.3. The van der Waals surface area contributed by atoms with Gasteiger partial charge < -0.3 is 10.3 Å². The Morgan fingerprint density at radius 3 is 2.86 bits per heavy atom. The highest BCUT2D eigenvalue weighted by atomic mass is 15.0. The quantitative estimate of drug-likeness (QED) is 0.855. The average molecular weight is 298 g/mol. The second-order valence-corrected chi connectivity index (χ2v) is 6.57. The van der Waals surface area contributed by atoms with Crippen molar-refractivity contribution in [3.63, 3.8) is 0 Å². The summed E-state index contributed by atoms with van der Waals surface area (Å²) in [4.78, 5) is 11.8. The first-order chi connectivity index (χ1) is 10.8. The summed E-state index contributed by atoms with van der Waals surface area (Å²) >= 11 is 0. The van der Waals surface area contributed by atoms with Gasteiger partial charge >= 0.3 is 0 Å². The summed E-state index contributed by atoms with van der Waals surface area (Å²) in [6, 6.07) is 4.24. The van der Waals surface area contributed by atoms with Gasteiger partial charge in [-0.1, -0.05) is 26.2 Å². The van der Waals surface area contributed by atoms with Crippen LogP contribution in [0.15, 0.2) is 36.9 Å². The van der Waals surface area contributed by atoms with Crippen molar-refractivity contribution in [1.29, 1.82) is 0 Å². The Labute approximate surface area is 132 Å². The van der Waals surface area contributed by atoms with Crippen molar-refractivity contribution >= 4 is 0 Å². The van der Waals surface area contributed by atoms with E-state index in [0.29, 0.717) is 0 Å². The molecule has 2 heterocycles. The van der Waals surface area contributed by atoms with Crippen molar-refractivity contribution in [2.24, 2.45) is 11.8 Å². The molecule has 2 aromatic heterocycles. The lowest BCUT2D eigenvalue weighted by Crippen LogP contribution is -2.27. The highest BCUT2D eigenvalue weighted by molar-refractivity contribution is 5.22. The molecule has 0 aliphatic heterocycles. The van der Waals surface area contributed by atoms with Crippen LogP contribution in [0.2, 0.25) is 0 Å². The molecule has 0 amide bonds. The summed E-state index contributed by atoms with van der Waals surface area (Å²) < 4.78 is 0. The Hall–Kier alpha value is -1.68. The van der Waals surface area contributed by atoms with Crippen molar-refractivity contribution in [3.8, 4) is 0 Å². The number of nitrogens with one attached hydrogen (secondary N) is 2. The molecule has 1 aliphatic rings.